The first-order chi connectivity index (χ1) is 13.2. The van der Waals surface area contributed by atoms with Crippen LogP contribution in [0.5, 0.6) is 0 Å². The SMILES string of the molecule is Cc1cc(C)cc(N2C(=O)CN(Cc3ccccc3F)C3CS(=O)(=O)CC32)c1. The Balaban J connectivity index is 1.70. The smallest absolute Gasteiger partial charge is 0.241 e. The maximum atomic E-state index is 14.1. The Labute approximate surface area is 164 Å². The monoisotopic (exact) mass is 402 g/mol. The van der Waals surface area contributed by atoms with Crippen LogP contribution in [-0.4, -0.2) is 49.4 Å². The lowest BCUT2D eigenvalue weighted by Gasteiger charge is -2.43. The van der Waals surface area contributed by atoms with E-state index in [0.29, 0.717) is 5.56 Å². The number of nitrogens with zero attached hydrogens (tertiary/aromatic N) is 2. The number of aryl methyl sites for hydroxylation is 2. The number of hydrogen-bond acceptors (Lipinski definition) is 4. The van der Waals surface area contributed by atoms with Crippen LogP contribution >= 0.6 is 0 Å². The van der Waals surface area contributed by atoms with Gasteiger partial charge >= 0.3 is 0 Å². The van der Waals surface area contributed by atoms with Crippen molar-refractivity contribution in [2.75, 3.05) is 23.0 Å². The van der Waals surface area contributed by atoms with Crippen LogP contribution in [0.25, 0.3) is 0 Å². The fourth-order valence-electron chi connectivity index (χ4n) is 4.40. The number of carbonyl (C=O) groups is 1. The van der Waals surface area contributed by atoms with E-state index in [-0.39, 0.29) is 42.4 Å². The lowest BCUT2D eigenvalue weighted by Crippen LogP contribution is -2.61. The summed E-state index contributed by atoms with van der Waals surface area (Å²) in [7, 11) is -3.28. The van der Waals surface area contributed by atoms with E-state index >= 15 is 0 Å². The first kappa shape index (κ1) is 19.1. The molecule has 2 atom stereocenters. The van der Waals surface area contributed by atoms with Crippen molar-refractivity contribution in [3.8, 4) is 0 Å². The van der Waals surface area contributed by atoms with E-state index < -0.39 is 15.9 Å². The second-order valence-corrected chi connectivity index (χ2v) is 9.97. The number of anilines is 1. The minimum absolute atomic E-state index is 0.0132. The third kappa shape index (κ3) is 3.56. The van der Waals surface area contributed by atoms with Gasteiger partial charge in [0.1, 0.15) is 5.82 Å². The standard InChI is InChI=1S/C21H23FN2O3S/c1-14-7-15(2)9-17(8-14)24-20-13-28(26,27)12-19(20)23(11-21(24)25)10-16-5-3-4-6-18(16)22/h3-9,19-20H,10-13H2,1-2H3. The largest absolute Gasteiger partial charge is 0.306 e. The third-order valence-corrected chi connectivity index (χ3v) is 7.22. The maximum absolute atomic E-state index is 14.1. The van der Waals surface area contributed by atoms with Gasteiger partial charge in [-0.25, -0.2) is 12.8 Å². The number of piperazine rings is 1. The minimum atomic E-state index is -3.28. The quantitative estimate of drug-likeness (QED) is 0.791. The van der Waals surface area contributed by atoms with Crippen molar-refractivity contribution in [2.24, 2.45) is 0 Å². The summed E-state index contributed by atoms with van der Waals surface area (Å²) in [6, 6.07) is 11.5. The summed E-state index contributed by atoms with van der Waals surface area (Å²) in [6.45, 7) is 4.20. The summed E-state index contributed by atoms with van der Waals surface area (Å²) < 4.78 is 39.0. The highest BCUT2D eigenvalue weighted by Crippen LogP contribution is 2.33. The van der Waals surface area contributed by atoms with Gasteiger partial charge in [-0.05, 0) is 43.2 Å². The number of fused-ring (bicyclic) bond motifs is 1. The van der Waals surface area contributed by atoms with Crippen molar-refractivity contribution in [1.29, 1.82) is 0 Å². The Morgan fingerprint density at radius 1 is 1.04 bits per heavy atom. The number of carbonyl (C=O) groups excluding carboxylic acids is 1. The van der Waals surface area contributed by atoms with Crippen LogP contribution in [0.15, 0.2) is 42.5 Å². The number of halogens is 1. The van der Waals surface area contributed by atoms with Crippen molar-refractivity contribution in [2.45, 2.75) is 32.5 Å². The molecule has 0 spiro atoms. The van der Waals surface area contributed by atoms with Gasteiger partial charge in [0.15, 0.2) is 9.84 Å². The fourth-order valence-corrected chi connectivity index (χ4v) is 6.38. The molecule has 2 heterocycles. The molecule has 2 aliphatic rings. The Kier molecular flexibility index (Phi) is 4.75. The molecule has 0 aromatic heterocycles. The zero-order valence-electron chi connectivity index (χ0n) is 15.9. The van der Waals surface area contributed by atoms with Gasteiger partial charge < -0.3 is 4.90 Å². The van der Waals surface area contributed by atoms with Crippen LogP contribution in [0, 0.1) is 19.7 Å². The molecule has 148 valence electrons. The zero-order chi connectivity index (χ0) is 20.1. The maximum Gasteiger partial charge on any atom is 0.241 e. The van der Waals surface area contributed by atoms with Crippen LogP contribution in [0.2, 0.25) is 0 Å². The molecule has 2 aliphatic heterocycles. The van der Waals surface area contributed by atoms with Crippen molar-refractivity contribution >= 4 is 21.4 Å². The van der Waals surface area contributed by atoms with Gasteiger partial charge in [-0.15, -0.1) is 0 Å². The molecule has 28 heavy (non-hydrogen) atoms. The first-order valence-electron chi connectivity index (χ1n) is 9.32. The highest BCUT2D eigenvalue weighted by molar-refractivity contribution is 7.91. The van der Waals surface area contributed by atoms with Crippen molar-refractivity contribution < 1.29 is 17.6 Å². The molecule has 2 fully saturated rings. The number of rotatable bonds is 3. The average Bonchev–Trinajstić information content (AvgIpc) is 2.91. The Bertz CT molecular complexity index is 1020. The molecule has 0 saturated carbocycles. The lowest BCUT2D eigenvalue weighted by molar-refractivity contribution is -0.123. The number of amides is 1. The number of hydrogen-bond donors (Lipinski definition) is 0. The normalized spacial score (nSPS) is 24.4. The highest BCUT2D eigenvalue weighted by Gasteiger charge is 2.49. The second-order valence-electron chi connectivity index (χ2n) is 7.82. The van der Waals surface area contributed by atoms with E-state index in [9.17, 15) is 17.6 Å². The summed E-state index contributed by atoms with van der Waals surface area (Å²) >= 11 is 0. The number of sulfone groups is 1. The molecule has 0 bridgehead atoms. The Morgan fingerprint density at radius 2 is 1.68 bits per heavy atom. The summed E-state index contributed by atoms with van der Waals surface area (Å²) in [5.41, 5.74) is 3.25. The fraction of sp³-hybridized carbons (Fsp3) is 0.381. The van der Waals surface area contributed by atoms with Crippen molar-refractivity contribution in [3.63, 3.8) is 0 Å². The van der Waals surface area contributed by atoms with Crippen LogP contribution in [-0.2, 0) is 21.2 Å². The summed E-state index contributed by atoms with van der Waals surface area (Å²) in [6.07, 6.45) is 0. The van der Waals surface area contributed by atoms with E-state index in [0.717, 1.165) is 16.8 Å². The molecule has 7 heteroatoms. The van der Waals surface area contributed by atoms with Crippen molar-refractivity contribution in [3.05, 3.63) is 65.0 Å². The van der Waals surface area contributed by atoms with E-state index in [4.69, 9.17) is 0 Å². The van der Waals surface area contributed by atoms with Gasteiger partial charge in [0, 0.05) is 23.8 Å². The molecule has 1 amide bonds. The zero-order valence-corrected chi connectivity index (χ0v) is 16.7. The molecular weight excluding hydrogens is 379 g/mol. The molecule has 0 aliphatic carbocycles. The molecule has 4 rings (SSSR count). The first-order valence-corrected chi connectivity index (χ1v) is 11.1. The summed E-state index contributed by atoms with van der Waals surface area (Å²) in [5.74, 6) is -0.575. The predicted molar refractivity (Wildman–Crippen MR) is 106 cm³/mol. The molecule has 5 nitrogen and oxygen atoms in total. The van der Waals surface area contributed by atoms with Gasteiger partial charge in [-0.2, -0.15) is 0 Å². The molecular formula is C21H23FN2O3S. The van der Waals surface area contributed by atoms with E-state index in [1.54, 1.807) is 23.1 Å². The summed E-state index contributed by atoms with van der Waals surface area (Å²) in [4.78, 5) is 16.5. The molecule has 0 N–H and O–H groups in total. The topological polar surface area (TPSA) is 57.7 Å². The van der Waals surface area contributed by atoms with Gasteiger partial charge in [0.25, 0.3) is 0 Å². The van der Waals surface area contributed by atoms with Crippen LogP contribution in [0.1, 0.15) is 16.7 Å². The second kappa shape index (κ2) is 6.97. The average molecular weight is 402 g/mol. The van der Waals surface area contributed by atoms with Gasteiger partial charge in [-0.1, -0.05) is 24.3 Å². The molecule has 2 aromatic carbocycles. The molecule has 2 saturated heterocycles. The van der Waals surface area contributed by atoms with Crippen LogP contribution < -0.4 is 4.90 Å². The van der Waals surface area contributed by atoms with E-state index in [1.807, 2.05) is 36.9 Å². The molecule has 2 aromatic rings. The number of benzene rings is 2. The Morgan fingerprint density at radius 3 is 2.36 bits per heavy atom. The third-order valence-electron chi connectivity index (χ3n) is 5.52. The predicted octanol–water partition coefficient (Wildman–Crippen LogP) is 2.46. The summed E-state index contributed by atoms with van der Waals surface area (Å²) in [5, 5.41) is 0. The van der Waals surface area contributed by atoms with E-state index in [2.05, 4.69) is 0 Å². The van der Waals surface area contributed by atoms with Crippen LogP contribution in [0.4, 0.5) is 10.1 Å². The van der Waals surface area contributed by atoms with Gasteiger partial charge in [0.2, 0.25) is 5.91 Å². The minimum Gasteiger partial charge on any atom is -0.306 e. The van der Waals surface area contributed by atoms with E-state index in [1.165, 1.54) is 6.07 Å². The lowest BCUT2D eigenvalue weighted by atomic mass is 10.0. The molecule has 0 radical (unpaired) electrons. The molecule has 2 unspecified atom stereocenters. The van der Waals surface area contributed by atoms with Crippen molar-refractivity contribution in [1.82, 2.24) is 4.90 Å². The van der Waals surface area contributed by atoms with Crippen LogP contribution in [0.3, 0.4) is 0 Å². The highest BCUT2D eigenvalue weighted by atomic mass is 32.2. The van der Waals surface area contributed by atoms with Gasteiger partial charge in [0.05, 0.1) is 24.1 Å². The van der Waals surface area contributed by atoms with Gasteiger partial charge in [-0.3, -0.25) is 9.69 Å². The Hall–Kier alpha value is -2.25.